The van der Waals surface area contributed by atoms with Gasteiger partial charge < -0.3 is 19.0 Å². The van der Waals surface area contributed by atoms with Crippen molar-refractivity contribution in [3.8, 4) is 11.5 Å². The Morgan fingerprint density at radius 3 is 2.31 bits per heavy atom. The first-order valence-electron chi connectivity index (χ1n) is 9.98. The number of aliphatic carboxylic acids is 1. The summed E-state index contributed by atoms with van der Waals surface area (Å²) in [6.07, 6.45) is 5.10. The lowest BCUT2D eigenvalue weighted by Gasteiger charge is -2.24. The number of ether oxygens (including phenoxy) is 2. The fourth-order valence-electron chi connectivity index (χ4n) is 3.33. The highest BCUT2D eigenvalue weighted by Gasteiger charge is 2.30. The number of ketones is 1. The summed E-state index contributed by atoms with van der Waals surface area (Å²) in [4.78, 5) is 25.3. The van der Waals surface area contributed by atoms with Gasteiger partial charge in [0, 0.05) is 4.90 Å². The SMILES string of the molecule is COc1c(C(=O)/C=C/c2cc(C)c(OC(C)(C)C(=O)O)c(C)c2)oc2cc(SC)ccc12. The number of aryl methyl sites for hydroxylation is 2. The minimum absolute atomic E-state index is 0.147. The van der Waals surface area contributed by atoms with Crippen LogP contribution < -0.4 is 9.47 Å². The molecule has 32 heavy (non-hydrogen) atoms. The molecule has 0 unspecified atom stereocenters. The predicted octanol–water partition coefficient (Wildman–Crippen LogP) is 5.92. The number of methoxy groups -OCH3 is 1. The first kappa shape index (κ1) is 23.5. The van der Waals surface area contributed by atoms with Crippen LogP contribution in [0.1, 0.15) is 41.1 Å². The average Bonchev–Trinajstić information content (AvgIpc) is 3.12. The maximum atomic E-state index is 12.9. The van der Waals surface area contributed by atoms with Crippen molar-refractivity contribution in [2.45, 2.75) is 38.2 Å². The van der Waals surface area contributed by atoms with E-state index in [0.717, 1.165) is 27.0 Å². The number of hydrogen-bond donors (Lipinski definition) is 1. The van der Waals surface area contributed by atoms with Gasteiger partial charge in [-0.1, -0.05) is 6.08 Å². The van der Waals surface area contributed by atoms with Gasteiger partial charge in [0.1, 0.15) is 11.3 Å². The molecule has 0 fully saturated rings. The molecule has 0 atom stereocenters. The second-order valence-electron chi connectivity index (χ2n) is 7.93. The lowest BCUT2D eigenvalue weighted by Crippen LogP contribution is -2.38. The average molecular weight is 455 g/mol. The Balaban J connectivity index is 1.89. The van der Waals surface area contributed by atoms with Crippen molar-refractivity contribution >= 4 is 40.6 Å². The van der Waals surface area contributed by atoms with Crippen molar-refractivity contribution in [3.63, 3.8) is 0 Å². The number of carbonyl (C=O) groups excluding carboxylic acids is 1. The molecule has 0 amide bonds. The van der Waals surface area contributed by atoms with Gasteiger partial charge in [0.05, 0.1) is 12.5 Å². The molecule has 1 N–H and O–H groups in total. The van der Waals surface area contributed by atoms with Crippen LogP contribution in [0.2, 0.25) is 0 Å². The van der Waals surface area contributed by atoms with Gasteiger partial charge in [0.2, 0.25) is 11.5 Å². The van der Waals surface area contributed by atoms with Crippen molar-refractivity contribution in [2.75, 3.05) is 13.4 Å². The minimum atomic E-state index is -1.35. The van der Waals surface area contributed by atoms with Gasteiger partial charge in [-0.3, -0.25) is 4.79 Å². The van der Waals surface area contributed by atoms with Crippen LogP contribution in [0.25, 0.3) is 17.0 Å². The topological polar surface area (TPSA) is 86.0 Å². The molecule has 1 aromatic heterocycles. The molecule has 0 saturated carbocycles. The highest BCUT2D eigenvalue weighted by Crippen LogP contribution is 2.36. The quantitative estimate of drug-likeness (QED) is 0.257. The Labute approximate surface area is 191 Å². The van der Waals surface area contributed by atoms with Gasteiger partial charge in [-0.25, -0.2) is 4.79 Å². The molecular formula is C25H26O6S. The molecule has 0 aliphatic carbocycles. The van der Waals surface area contributed by atoms with E-state index < -0.39 is 11.6 Å². The second-order valence-corrected chi connectivity index (χ2v) is 8.81. The number of carboxylic acids is 1. The first-order chi connectivity index (χ1) is 15.1. The molecule has 3 aromatic rings. The molecule has 168 valence electrons. The number of fused-ring (bicyclic) bond motifs is 1. The summed E-state index contributed by atoms with van der Waals surface area (Å²) in [6.45, 7) is 6.68. The summed E-state index contributed by atoms with van der Waals surface area (Å²) < 4.78 is 17.0. The predicted molar refractivity (Wildman–Crippen MR) is 126 cm³/mol. The van der Waals surface area contributed by atoms with Gasteiger partial charge in [-0.05, 0) is 87.0 Å². The molecule has 7 heteroatoms. The van der Waals surface area contributed by atoms with Crippen LogP contribution in [-0.2, 0) is 4.79 Å². The molecule has 0 saturated heterocycles. The van der Waals surface area contributed by atoms with Gasteiger partial charge >= 0.3 is 5.97 Å². The summed E-state index contributed by atoms with van der Waals surface area (Å²) >= 11 is 1.59. The lowest BCUT2D eigenvalue weighted by atomic mass is 10.0. The van der Waals surface area contributed by atoms with E-state index in [2.05, 4.69) is 0 Å². The Kier molecular flexibility index (Phi) is 6.69. The smallest absolute Gasteiger partial charge is 0.347 e. The van der Waals surface area contributed by atoms with Crippen LogP contribution in [0.3, 0.4) is 0 Å². The highest BCUT2D eigenvalue weighted by molar-refractivity contribution is 7.98. The second kappa shape index (κ2) is 9.12. The van der Waals surface area contributed by atoms with Gasteiger partial charge in [0.25, 0.3) is 0 Å². The van der Waals surface area contributed by atoms with Crippen molar-refractivity contribution in [1.29, 1.82) is 0 Å². The largest absolute Gasteiger partial charge is 0.492 e. The van der Waals surface area contributed by atoms with Crippen molar-refractivity contribution in [1.82, 2.24) is 0 Å². The van der Waals surface area contributed by atoms with Crippen molar-refractivity contribution in [3.05, 3.63) is 58.9 Å². The molecule has 0 aliphatic rings. The summed E-state index contributed by atoms with van der Waals surface area (Å²) in [5.74, 6) is -0.283. The zero-order chi connectivity index (χ0) is 23.6. The first-order valence-corrected chi connectivity index (χ1v) is 11.2. The van der Waals surface area contributed by atoms with Gasteiger partial charge in [-0.2, -0.15) is 0 Å². The third kappa shape index (κ3) is 4.67. The number of carbonyl (C=O) groups is 2. The summed E-state index contributed by atoms with van der Waals surface area (Å²) in [6, 6.07) is 9.40. The monoisotopic (exact) mass is 454 g/mol. The number of carboxylic acid groups (broad SMARTS) is 1. The van der Waals surface area contributed by atoms with E-state index in [1.54, 1.807) is 17.8 Å². The zero-order valence-electron chi connectivity index (χ0n) is 18.9. The zero-order valence-corrected chi connectivity index (χ0v) is 19.8. The Bertz CT molecular complexity index is 1200. The standard InChI is InChI=1S/C25H26O6S/c1-14-11-16(12-15(2)21(14)31-25(3,4)24(27)28)7-10-19(26)23-22(29-5)18-9-8-17(32-6)13-20(18)30-23/h7-13H,1-6H3,(H,27,28)/b10-7+. The van der Waals surface area contributed by atoms with Crippen LogP contribution in [0.4, 0.5) is 0 Å². The fraction of sp³-hybridized carbons (Fsp3) is 0.280. The van der Waals surface area contributed by atoms with E-state index in [0.29, 0.717) is 17.1 Å². The van der Waals surface area contributed by atoms with Crippen LogP contribution in [0.15, 0.2) is 45.7 Å². The molecular weight excluding hydrogens is 428 g/mol. The normalized spacial score (nSPS) is 11.8. The lowest BCUT2D eigenvalue weighted by molar-refractivity contribution is -0.152. The van der Waals surface area contributed by atoms with Crippen LogP contribution in [-0.4, -0.2) is 35.8 Å². The van der Waals surface area contributed by atoms with E-state index in [1.165, 1.54) is 27.0 Å². The Hall–Kier alpha value is -3.19. The van der Waals surface area contributed by atoms with Crippen LogP contribution in [0, 0.1) is 13.8 Å². The Morgan fingerprint density at radius 1 is 1.09 bits per heavy atom. The summed E-state index contributed by atoms with van der Waals surface area (Å²) in [5, 5.41) is 10.1. The summed E-state index contributed by atoms with van der Waals surface area (Å²) in [7, 11) is 1.51. The maximum absolute atomic E-state index is 12.9. The third-order valence-electron chi connectivity index (χ3n) is 5.06. The molecule has 0 radical (unpaired) electrons. The van der Waals surface area contributed by atoms with Crippen LogP contribution in [0.5, 0.6) is 11.5 Å². The van der Waals surface area contributed by atoms with E-state index >= 15 is 0 Å². The van der Waals surface area contributed by atoms with E-state index in [4.69, 9.17) is 13.9 Å². The van der Waals surface area contributed by atoms with Crippen LogP contribution >= 0.6 is 11.8 Å². The number of hydrogen-bond acceptors (Lipinski definition) is 6. The maximum Gasteiger partial charge on any atom is 0.347 e. The van der Waals surface area contributed by atoms with Crippen molar-refractivity contribution < 1.29 is 28.6 Å². The van der Waals surface area contributed by atoms with Crippen molar-refractivity contribution in [2.24, 2.45) is 0 Å². The number of allylic oxidation sites excluding steroid dienone is 1. The number of benzene rings is 2. The highest BCUT2D eigenvalue weighted by atomic mass is 32.2. The number of thioether (sulfide) groups is 1. The van der Waals surface area contributed by atoms with E-state index in [9.17, 15) is 14.7 Å². The third-order valence-corrected chi connectivity index (χ3v) is 5.79. The molecule has 2 aromatic carbocycles. The van der Waals surface area contributed by atoms with Gasteiger partial charge in [0.15, 0.2) is 11.4 Å². The molecule has 0 spiro atoms. The van der Waals surface area contributed by atoms with Gasteiger partial charge in [-0.15, -0.1) is 11.8 Å². The Morgan fingerprint density at radius 2 is 1.75 bits per heavy atom. The number of furan rings is 1. The summed E-state index contributed by atoms with van der Waals surface area (Å²) in [5.41, 5.74) is 1.58. The molecule has 6 nitrogen and oxygen atoms in total. The minimum Gasteiger partial charge on any atom is -0.492 e. The molecule has 0 bridgehead atoms. The molecule has 0 aliphatic heterocycles. The fourth-order valence-corrected chi connectivity index (χ4v) is 3.76. The van der Waals surface area contributed by atoms with E-state index in [-0.39, 0.29) is 11.5 Å². The molecule has 1 heterocycles. The number of rotatable bonds is 8. The molecule has 3 rings (SSSR count). The van der Waals surface area contributed by atoms with E-state index in [1.807, 2.05) is 50.4 Å².